The van der Waals surface area contributed by atoms with Gasteiger partial charge in [0.25, 0.3) is 0 Å². The van der Waals surface area contributed by atoms with Crippen LogP contribution in [-0.2, 0) is 14.8 Å². The molecular formula is C18H21ClN2O4S. The van der Waals surface area contributed by atoms with Gasteiger partial charge in [-0.25, -0.2) is 8.42 Å². The fourth-order valence-corrected chi connectivity index (χ4v) is 3.55. The molecule has 26 heavy (non-hydrogen) atoms. The molecule has 140 valence electrons. The number of benzene rings is 2. The van der Waals surface area contributed by atoms with Gasteiger partial charge in [0.2, 0.25) is 15.9 Å². The summed E-state index contributed by atoms with van der Waals surface area (Å²) in [6, 6.07) is 12.0. The standard InChI is InChI=1S/C18H21ClN2O4S/c1-13-5-4-6-15(11-13)21(26(3,23)24)10-9-18(22)20-16-12-14(19)7-8-17(16)25-2/h4-8,11-12H,9-10H2,1-3H3,(H,20,22). The summed E-state index contributed by atoms with van der Waals surface area (Å²) in [4.78, 5) is 12.3. The van der Waals surface area contributed by atoms with Crippen LogP contribution in [0.3, 0.4) is 0 Å². The number of rotatable bonds is 7. The van der Waals surface area contributed by atoms with E-state index in [1.54, 1.807) is 36.4 Å². The van der Waals surface area contributed by atoms with Crippen molar-refractivity contribution < 1.29 is 17.9 Å². The molecule has 0 aliphatic heterocycles. The van der Waals surface area contributed by atoms with Gasteiger partial charge in [0.15, 0.2) is 0 Å². The van der Waals surface area contributed by atoms with Crippen molar-refractivity contribution in [1.29, 1.82) is 0 Å². The molecule has 0 aromatic heterocycles. The van der Waals surface area contributed by atoms with Crippen molar-refractivity contribution in [1.82, 2.24) is 0 Å². The molecule has 2 aromatic carbocycles. The third kappa shape index (κ3) is 5.37. The van der Waals surface area contributed by atoms with Crippen LogP contribution in [0.4, 0.5) is 11.4 Å². The molecule has 1 amide bonds. The minimum absolute atomic E-state index is 0.0172. The Labute approximate surface area is 158 Å². The molecule has 8 heteroatoms. The van der Waals surface area contributed by atoms with Crippen LogP contribution in [0, 0.1) is 6.92 Å². The number of carbonyl (C=O) groups excluding carboxylic acids is 1. The van der Waals surface area contributed by atoms with Crippen molar-refractivity contribution in [2.45, 2.75) is 13.3 Å². The smallest absolute Gasteiger partial charge is 0.232 e. The first-order valence-electron chi connectivity index (χ1n) is 7.88. The van der Waals surface area contributed by atoms with Crippen LogP contribution in [0.5, 0.6) is 5.75 Å². The maximum absolute atomic E-state index is 12.3. The molecule has 0 radical (unpaired) electrons. The molecule has 0 fully saturated rings. The number of nitrogens with zero attached hydrogens (tertiary/aromatic N) is 1. The van der Waals surface area contributed by atoms with Gasteiger partial charge >= 0.3 is 0 Å². The number of aryl methyl sites for hydroxylation is 1. The molecule has 0 heterocycles. The highest BCUT2D eigenvalue weighted by Gasteiger charge is 2.19. The third-order valence-electron chi connectivity index (χ3n) is 3.67. The van der Waals surface area contributed by atoms with Gasteiger partial charge in [-0.1, -0.05) is 23.7 Å². The number of ether oxygens (including phenoxy) is 1. The molecular weight excluding hydrogens is 376 g/mol. The van der Waals surface area contributed by atoms with Gasteiger partial charge in [-0.05, 0) is 42.8 Å². The zero-order chi connectivity index (χ0) is 19.3. The van der Waals surface area contributed by atoms with Crippen molar-refractivity contribution in [3.05, 3.63) is 53.1 Å². The number of anilines is 2. The second-order valence-corrected chi connectivity index (χ2v) is 8.16. The van der Waals surface area contributed by atoms with Crippen molar-refractivity contribution in [3.8, 4) is 5.75 Å². The monoisotopic (exact) mass is 396 g/mol. The van der Waals surface area contributed by atoms with Gasteiger partial charge in [0, 0.05) is 18.0 Å². The number of halogens is 1. The number of sulfonamides is 1. The molecule has 1 N–H and O–H groups in total. The number of amides is 1. The lowest BCUT2D eigenvalue weighted by Gasteiger charge is -2.22. The summed E-state index contributed by atoms with van der Waals surface area (Å²) in [7, 11) is -2.03. The Hall–Kier alpha value is -2.25. The minimum Gasteiger partial charge on any atom is -0.495 e. The van der Waals surface area contributed by atoms with Crippen LogP contribution < -0.4 is 14.4 Å². The Morgan fingerprint density at radius 1 is 1.23 bits per heavy atom. The van der Waals surface area contributed by atoms with E-state index in [-0.39, 0.29) is 18.9 Å². The summed E-state index contributed by atoms with van der Waals surface area (Å²) in [5, 5.41) is 3.16. The maximum atomic E-state index is 12.3. The van der Waals surface area contributed by atoms with E-state index in [2.05, 4.69) is 5.32 Å². The van der Waals surface area contributed by atoms with Gasteiger partial charge in [-0.3, -0.25) is 9.10 Å². The predicted molar refractivity (Wildman–Crippen MR) is 105 cm³/mol. The normalized spacial score (nSPS) is 11.1. The van der Waals surface area contributed by atoms with Crippen LogP contribution in [0.15, 0.2) is 42.5 Å². The summed E-state index contributed by atoms with van der Waals surface area (Å²) in [5.74, 6) is 0.133. The number of methoxy groups -OCH3 is 1. The second-order valence-electron chi connectivity index (χ2n) is 5.82. The first-order valence-corrected chi connectivity index (χ1v) is 10.1. The Morgan fingerprint density at radius 3 is 2.58 bits per heavy atom. The quantitative estimate of drug-likeness (QED) is 0.777. The lowest BCUT2D eigenvalue weighted by Crippen LogP contribution is -2.33. The third-order valence-corrected chi connectivity index (χ3v) is 5.10. The number of hydrogen-bond donors (Lipinski definition) is 1. The van der Waals surface area contributed by atoms with Crippen LogP contribution >= 0.6 is 11.6 Å². The summed E-state index contributed by atoms with van der Waals surface area (Å²) >= 11 is 5.95. The van der Waals surface area contributed by atoms with Crippen LogP contribution in [0.1, 0.15) is 12.0 Å². The Kier molecular flexibility index (Phi) is 6.50. The predicted octanol–water partition coefficient (Wildman–Crippen LogP) is 3.45. The summed E-state index contributed by atoms with van der Waals surface area (Å²) in [6.07, 6.45) is 1.10. The van der Waals surface area contributed by atoms with E-state index in [4.69, 9.17) is 16.3 Å². The topological polar surface area (TPSA) is 75.7 Å². The molecule has 0 unspecified atom stereocenters. The SMILES string of the molecule is COc1ccc(Cl)cc1NC(=O)CCN(c1cccc(C)c1)S(C)(=O)=O. The molecule has 2 aromatic rings. The zero-order valence-corrected chi connectivity index (χ0v) is 16.4. The summed E-state index contributed by atoms with van der Waals surface area (Å²) in [6.45, 7) is 1.90. The van der Waals surface area contributed by atoms with E-state index in [1.807, 2.05) is 13.0 Å². The van der Waals surface area contributed by atoms with Crippen molar-refractivity contribution >= 4 is 38.9 Å². The van der Waals surface area contributed by atoms with E-state index in [9.17, 15) is 13.2 Å². The highest BCUT2D eigenvalue weighted by molar-refractivity contribution is 7.92. The largest absolute Gasteiger partial charge is 0.495 e. The van der Waals surface area contributed by atoms with Crippen LogP contribution in [0.2, 0.25) is 5.02 Å². The van der Waals surface area contributed by atoms with Crippen LogP contribution in [-0.4, -0.2) is 34.2 Å². The van der Waals surface area contributed by atoms with Gasteiger partial charge in [0.1, 0.15) is 5.75 Å². The molecule has 0 aliphatic rings. The molecule has 0 aliphatic carbocycles. The number of carbonyl (C=O) groups is 1. The zero-order valence-electron chi connectivity index (χ0n) is 14.8. The molecule has 0 spiro atoms. The van der Waals surface area contributed by atoms with Gasteiger partial charge in [-0.2, -0.15) is 0 Å². The van der Waals surface area contributed by atoms with E-state index < -0.39 is 10.0 Å². The van der Waals surface area contributed by atoms with Crippen molar-refractivity contribution in [3.63, 3.8) is 0 Å². The van der Waals surface area contributed by atoms with E-state index in [1.165, 1.54) is 11.4 Å². The average molecular weight is 397 g/mol. The Morgan fingerprint density at radius 2 is 1.96 bits per heavy atom. The molecule has 0 bridgehead atoms. The molecule has 0 saturated carbocycles. The average Bonchev–Trinajstić information content (AvgIpc) is 2.54. The van der Waals surface area contributed by atoms with E-state index in [0.29, 0.717) is 22.1 Å². The Bertz CT molecular complexity index is 900. The highest BCUT2D eigenvalue weighted by Crippen LogP contribution is 2.28. The first kappa shape index (κ1) is 20.1. The van der Waals surface area contributed by atoms with Gasteiger partial charge in [0.05, 0.1) is 24.7 Å². The van der Waals surface area contributed by atoms with E-state index in [0.717, 1.165) is 11.8 Å². The molecule has 0 saturated heterocycles. The Balaban J connectivity index is 2.12. The summed E-state index contributed by atoms with van der Waals surface area (Å²) in [5.41, 5.74) is 1.90. The van der Waals surface area contributed by atoms with Gasteiger partial charge in [-0.15, -0.1) is 0 Å². The number of nitrogens with one attached hydrogen (secondary N) is 1. The van der Waals surface area contributed by atoms with Crippen molar-refractivity contribution in [2.75, 3.05) is 29.5 Å². The summed E-state index contributed by atoms with van der Waals surface area (Å²) < 4.78 is 30.6. The second kappa shape index (κ2) is 8.42. The van der Waals surface area contributed by atoms with Gasteiger partial charge < -0.3 is 10.1 Å². The van der Waals surface area contributed by atoms with E-state index >= 15 is 0 Å². The molecule has 6 nitrogen and oxygen atoms in total. The molecule has 2 rings (SSSR count). The maximum Gasteiger partial charge on any atom is 0.232 e. The lowest BCUT2D eigenvalue weighted by atomic mass is 10.2. The number of hydrogen-bond acceptors (Lipinski definition) is 4. The molecule has 0 atom stereocenters. The first-order chi connectivity index (χ1) is 12.2. The lowest BCUT2D eigenvalue weighted by molar-refractivity contribution is -0.116. The fraction of sp³-hybridized carbons (Fsp3) is 0.278. The van der Waals surface area contributed by atoms with Crippen LogP contribution in [0.25, 0.3) is 0 Å². The fourth-order valence-electron chi connectivity index (χ4n) is 2.46. The van der Waals surface area contributed by atoms with Crippen molar-refractivity contribution in [2.24, 2.45) is 0 Å². The highest BCUT2D eigenvalue weighted by atomic mass is 35.5. The minimum atomic E-state index is -3.52.